The van der Waals surface area contributed by atoms with Gasteiger partial charge in [0.2, 0.25) is 0 Å². The summed E-state index contributed by atoms with van der Waals surface area (Å²) in [7, 11) is -0.190. The third-order valence-electron chi connectivity index (χ3n) is 5.63. The zero-order valence-corrected chi connectivity index (χ0v) is 22.2. The summed E-state index contributed by atoms with van der Waals surface area (Å²) in [5, 5.41) is 15.3. The Morgan fingerprint density at radius 1 is 1.00 bits per heavy atom. The summed E-state index contributed by atoms with van der Waals surface area (Å²) in [4.78, 5) is 35.0. The first-order valence-corrected chi connectivity index (χ1v) is 13.0. The average molecular weight is 560 g/mol. The lowest BCUT2D eigenvalue weighted by molar-refractivity contribution is -0.159. The number of hydrogen-bond acceptors (Lipinski definition) is 6. The zero-order chi connectivity index (χ0) is 27.2. The summed E-state index contributed by atoms with van der Waals surface area (Å²) < 4.78 is 28.3. The van der Waals surface area contributed by atoms with Crippen LogP contribution in [0.3, 0.4) is 0 Å². The van der Waals surface area contributed by atoms with Crippen molar-refractivity contribution in [1.82, 2.24) is 9.80 Å². The highest BCUT2D eigenvalue weighted by molar-refractivity contribution is 7.92. The second-order valence-corrected chi connectivity index (χ2v) is 10.7. The molecule has 0 aromatic heterocycles. The van der Waals surface area contributed by atoms with Crippen molar-refractivity contribution < 1.29 is 33.0 Å². The van der Waals surface area contributed by atoms with E-state index in [1.54, 1.807) is 30.1 Å². The van der Waals surface area contributed by atoms with Crippen LogP contribution in [0.5, 0.6) is 0 Å². The number of rotatable bonds is 5. The molecule has 0 saturated carbocycles. The highest BCUT2D eigenvalue weighted by Crippen LogP contribution is 2.28. The second kappa shape index (κ2) is 12.4. The number of likely N-dealkylation sites (tertiary alicyclic amines) is 1. The van der Waals surface area contributed by atoms with Crippen LogP contribution in [-0.2, 0) is 19.6 Å². The molecule has 2 aromatic carbocycles. The number of sulfonamides is 1. The lowest BCUT2D eigenvalue weighted by Gasteiger charge is -2.35. The van der Waals surface area contributed by atoms with Crippen molar-refractivity contribution in [3.8, 4) is 0 Å². The van der Waals surface area contributed by atoms with E-state index in [4.69, 9.17) is 43.0 Å². The van der Waals surface area contributed by atoms with Gasteiger partial charge in [0.1, 0.15) is 4.90 Å². The molecular weight excluding hydrogens is 533 g/mol. The van der Waals surface area contributed by atoms with Gasteiger partial charge in [-0.1, -0.05) is 29.3 Å². The number of carbonyl (C=O) groups excluding carboxylic acids is 1. The minimum absolute atomic E-state index is 0.0409. The van der Waals surface area contributed by atoms with Gasteiger partial charge in [0, 0.05) is 23.7 Å². The Balaban J connectivity index is 0.000000678. The Morgan fingerprint density at radius 2 is 1.58 bits per heavy atom. The molecule has 10 nitrogen and oxygen atoms in total. The van der Waals surface area contributed by atoms with Gasteiger partial charge in [-0.3, -0.25) is 9.52 Å². The lowest BCUT2D eigenvalue weighted by atomic mass is 10.0. The maximum Gasteiger partial charge on any atom is 0.414 e. The molecule has 196 valence electrons. The molecule has 1 amide bonds. The number of benzene rings is 2. The Labute approximate surface area is 219 Å². The van der Waals surface area contributed by atoms with Crippen molar-refractivity contribution in [1.29, 1.82) is 0 Å². The number of carbonyl (C=O) groups is 3. The fraction of sp³-hybridized carbons (Fsp3) is 0.348. The monoisotopic (exact) mass is 559 g/mol. The van der Waals surface area contributed by atoms with Gasteiger partial charge < -0.3 is 20.0 Å². The van der Waals surface area contributed by atoms with Gasteiger partial charge in [-0.15, -0.1) is 0 Å². The van der Waals surface area contributed by atoms with Gasteiger partial charge in [-0.05, 0) is 75.8 Å². The van der Waals surface area contributed by atoms with Crippen molar-refractivity contribution in [3.05, 3.63) is 57.6 Å². The Bertz CT molecular complexity index is 1230. The molecule has 0 bridgehead atoms. The number of amides is 1. The fourth-order valence-electron chi connectivity index (χ4n) is 3.46. The van der Waals surface area contributed by atoms with Crippen LogP contribution in [0.1, 0.15) is 28.8 Å². The van der Waals surface area contributed by atoms with E-state index in [1.165, 1.54) is 18.2 Å². The van der Waals surface area contributed by atoms with E-state index in [9.17, 15) is 13.2 Å². The van der Waals surface area contributed by atoms with Crippen molar-refractivity contribution in [2.45, 2.75) is 30.7 Å². The summed E-state index contributed by atoms with van der Waals surface area (Å²) in [5.41, 5.74) is 1.44. The molecular formula is C23H27Cl2N3O7S. The SMILES string of the molecule is Cc1ccc(NS(=O)(=O)c2cc(C(=O)N(C)C3CCN(C)CC3)ccc2Cl)cc1Cl.O=C(O)C(=O)O. The summed E-state index contributed by atoms with van der Waals surface area (Å²) in [6.45, 7) is 3.67. The Kier molecular flexibility index (Phi) is 10.1. The third kappa shape index (κ3) is 7.82. The van der Waals surface area contributed by atoms with E-state index in [-0.39, 0.29) is 27.4 Å². The fourth-order valence-corrected chi connectivity index (χ4v) is 5.22. The molecule has 3 rings (SSSR count). The topological polar surface area (TPSA) is 144 Å². The van der Waals surface area contributed by atoms with E-state index >= 15 is 0 Å². The van der Waals surface area contributed by atoms with Gasteiger partial charge in [-0.25, -0.2) is 18.0 Å². The number of hydrogen-bond donors (Lipinski definition) is 3. The van der Waals surface area contributed by atoms with Crippen LogP contribution in [0.15, 0.2) is 41.3 Å². The third-order valence-corrected chi connectivity index (χ3v) is 7.90. The molecule has 2 aromatic rings. The van der Waals surface area contributed by atoms with E-state index in [0.29, 0.717) is 10.7 Å². The average Bonchev–Trinajstić information content (AvgIpc) is 2.81. The molecule has 0 spiro atoms. The number of anilines is 1. The second-order valence-electron chi connectivity index (χ2n) is 8.28. The number of carboxylic acids is 2. The van der Waals surface area contributed by atoms with E-state index < -0.39 is 22.0 Å². The first-order valence-electron chi connectivity index (χ1n) is 10.7. The van der Waals surface area contributed by atoms with Crippen LogP contribution in [0.2, 0.25) is 10.0 Å². The molecule has 0 unspecified atom stereocenters. The van der Waals surface area contributed by atoms with Crippen LogP contribution < -0.4 is 4.72 Å². The van der Waals surface area contributed by atoms with Crippen LogP contribution in [-0.4, -0.2) is 79.5 Å². The molecule has 1 saturated heterocycles. The van der Waals surface area contributed by atoms with Crippen LogP contribution >= 0.6 is 23.2 Å². The van der Waals surface area contributed by atoms with Crippen molar-refractivity contribution >= 4 is 56.8 Å². The van der Waals surface area contributed by atoms with Crippen LogP contribution in [0.25, 0.3) is 0 Å². The smallest absolute Gasteiger partial charge is 0.414 e. The van der Waals surface area contributed by atoms with Crippen molar-refractivity contribution in [2.24, 2.45) is 0 Å². The lowest BCUT2D eigenvalue weighted by Crippen LogP contribution is -2.44. The summed E-state index contributed by atoms with van der Waals surface area (Å²) >= 11 is 12.3. The number of nitrogens with one attached hydrogen (secondary N) is 1. The van der Waals surface area contributed by atoms with Gasteiger partial charge in [-0.2, -0.15) is 0 Å². The minimum Gasteiger partial charge on any atom is -0.473 e. The molecule has 1 aliphatic rings. The molecule has 13 heteroatoms. The predicted octanol–water partition coefficient (Wildman–Crippen LogP) is 3.42. The molecule has 1 heterocycles. The highest BCUT2D eigenvalue weighted by Gasteiger charge is 2.27. The first-order chi connectivity index (χ1) is 16.7. The molecule has 3 N–H and O–H groups in total. The number of piperidine rings is 1. The van der Waals surface area contributed by atoms with E-state index in [0.717, 1.165) is 31.5 Å². The van der Waals surface area contributed by atoms with E-state index in [2.05, 4.69) is 16.7 Å². The number of aryl methyl sites for hydroxylation is 1. The van der Waals surface area contributed by atoms with Gasteiger partial charge in [0.15, 0.2) is 0 Å². The van der Waals surface area contributed by atoms with Crippen molar-refractivity contribution in [3.63, 3.8) is 0 Å². The molecule has 36 heavy (non-hydrogen) atoms. The van der Waals surface area contributed by atoms with Gasteiger partial charge in [0.25, 0.3) is 15.9 Å². The van der Waals surface area contributed by atoms with E-state index in [1.807, 2.05) is 6.92 Å². The number of carboxylic acid groups (broad SMARTS) is 2. The quantitative estimate of drug-likeness (QED) is 0.472. The summed E-state index contributed by atoms with van der Waals surface area (Å²) in [6, 6.07) is 9.32. The highest BCUT2D eigenvalue weighted by atomic mass is 35.5. The normalized spacial score (nSPS) is 14.4. The number of nitrogens with zero attached hydrogens (tertiary/aromatic N) is 2. The number of halogens is 2. The van der Waals surface area contributed by atoms with Crippen molar-refractivity contribution in [2.75, 3.05) is 31.9 Å². The van der Waals surface area contributed by atoms with Crippen LogP contribution in [0.4, 0.5) is 5.69 Å². The molecule has 0 radical (unpaired) electrons. The molecule has 1 aliphatic heterocycles. The molecule has 0 aliphatic carbocycles. The summed E-state index contributed by atoms with van der Waals surface area (Å²) in [5.74, 6) is -3.87. The molecule has 0 atom stereocenters. The standard InChI is InChI=1S/C21H25Cl2N3O3S.C2H2O4/c1-14-4-6-16(13-19(14)23)24-30(28,29)20-12-15(5-7-18(20)22)21(27)26(3)17-8-10-25(2)11-9-17;3-1(4)2(5)6/h4-7,12-13,17,24H,8-11H2,1-3H3;(H,3,4)(H,5,6). The Hall–Kier alpha value is -2.86. The summed E-state index contributed by atoms with van der Waals surface area (Å²) in [6.07, 6.45) is 1.76. The minimum atomic E-state index is -4.01. The van der Waals surface area contributed by atoms with Gasteiger partial charge >= 0.3 is 11.9 Å². The number of aliphatic carboxylic acids is 2. The maximum absolute atomic E-state index is 13.0. The largest absolute Gasteiger partial charge is 0.473 e. The predicted molar refractivity (Wildman–Crippen MR) is 136 cm³/mol. The maximum atomic E-state index is 13.0. The first kappa shape index (κ1) is 29.4. The van der Waals surface area contributed by atoms with Crippen LogP contribution in [0, 0.1) is 6.92 Å². The van der Waals surface area contributed by atoms with Gasteiger partial charge in [0.05, 0.1) is 10.7 Å². The zero-order valence-electron chi connectivity index (χ0n) is 19.9. The molecule has 1 fully saturated rings. The Morgan fingerprint density at radius 3 is 2.11 bits per heavy atom.